The van der Waals surface area contributed by atoms with Gasteiger partial charge in [-0.2, -0.15) is 0 Å². The summed E-state index contributed by atoms with van der Waals surface area (Å²) >= 11 is 0. The first-order valence-electron chi connectivity index (χ1n) is 6.67. The molecule has 1 N–H and O–H groups in total. The van der Waals surface area contributed by atoms with Crippen molar-refractivity contribution in [2.24, 2.45) is 0 Å². The highest BCUT2D eigenvalue weighted by atomic mass is 16.5. The normalized spacial score (nSPS) is 23.0. The molecular formula is C14H20N2O3. The largest absolute Gasteiger partial charge is 0.379 e. The number of nitrogens with zero attached hydrogens (tertiary/aromatic N) is 1. The van der Waals surface area contributed by atoms with Gasteiger partial charge >= 0.3 is 0 Å². The van der Waals surface area contributed by atoms with Gasteiger partial charge in [-0.15, -0.1) is 0 Å². The number of aromatic nitrogens is 1. The highest BCUT2D eigenvalue weighted by Gasteiger charge is 2.27. The third-order valence-corrected chi connectivity index (χ3v) is 3.12. The van der Waals surface area contributed by atoms with Gasteiger partial charge in [0.2, 0.25) is 5.91 Å². The molecule has 2 heterocycles. The van der Waals surface area contributed by atoms with Crippen LogP contribution in [0.5, 0.6) is 0 Å². The lowest BCUT2D eigenvalue weighted by atomic mass is 10.1. The van der Waals surface area contributed by atoms with Crippen molar-refractivity contribution in [2.45, 2.75) is 31.9 Å². The molecule has 5 heteroatoms. The van der Waals surface area contributed by atoms with Gasteiger partial charge in [-0.1, -0.05) is 6.07 Å². The van der Waals surface area contributed by atoms with E-state index in [9.17, 15) is 4.79 Å². The van der Waals surface area contributed by atoms with E-state index in [-0.39, 0.29) is 18.1 Å². The average Bonchev–Trinajstić information content (AvgIpc) is 2.42. The van der Waals surface area contributed by atoms with Crippen LogP contribution in [0.25, 0.3) is 0 Å². The van der Waals surface area contributed by atoms with Crippen LogP contribution in [-0.4, -0.2) is 42.9 Å². The second kappa shape index (κ2) is 7.21. The molecule has 1 aliphatic heterocycles. The van der Waals surface area contributed by atoms with Crippen molar-refractivity contribution in [1.82, 2.24) is 10.3 Å². The molecule has 0 spiro atoms. The van der Waals surface area contributed by atoms with Crippen LogP contribution in [0.3, 0.4) is 0 Å². The van der Waals surface area contributed by atoms with Crippen LogP contribution in [-0.2, 0) is 20.7 Å². The number of pyridine rings is 1. The Hall–Kier alpha value is -1.46. The maximum absolute atomic E-state index is 12.0. The van der Waals surface area contributed by atoms with E-state index >= 15 is 0 Å². The number of ether oxygens (including phenoxy) is 2. The molecule has 0 unspecified atom stereocenters. The van der Waals surface area contributed by atoms with Crippen LogP contribution < -0.4 is 5.32 Å². The van der Waals surface area contributed by atoms with Crippen molar-refractivity contribution in [1.29, 1.82) is 0 Å². The van der Waals surface area contributed by atoms with E-state index in [1.807, 2.05) is 19.1 Å². The molecule has 0 aliphatic carbocycles. The molecule has 0 radical (unpaired) electrons. The lowest BCUT2D eigenvalue weighted by molar-refractivity contribution is -0.125. The van der Waals surface area contributed by atoms with E-state index in [1.165, 1.54) is 0 Å². The predicted molar refractivity (Wildman–Crippen MR) is 70.7 cm³/mol. The van der Waals surface area contributed by atoms with Gasteiger partial charge in [0, 0.05) is 25.6 Å². The van der Waals surface area contributed by atoms with Gasteiger partial charge < -0.3 is 14.8 Å². The number of carbonyl (C=O) groups is 1. The Morgan fingerprint density at radius 2 is 2.53 bits per heavy atom. The molecule has 1 aliphatic rings. The fourth-order valence-corrected chi connectivity index (χ4v) is 2.20. The van der Waals surface area contributed by atoms with E-state index in [1.54, 1.807) is 12.4 Å². The summed E-state index contributed by atoms with van der Waals surface area (Å²) in [6.07, 6.45) is 4.51. The number of rotatable bonds is 5. The summed E-state index contributed by atoms with van der Waals surface area (Å²) in [4.78, 5) is 16.0. The smallest absolute Gasteiger partial charge is 0.224 e. The first-order valence-corrected chi connectivity index (χ1v) is 6.67. The monoisotopic (exact) mass is 264 g/mol. The summed E-state index contributed by atoms with van der Waals surface area (Å²) < 4.78 is 11.0. The Bertz CT molecular complexity index is 395. The van der Waals surface area contributed by atoms with Crippen molar-refractivity contribution in [3.63, 3.8) is 0 Å². The van der Waals surface area contributed by atoms with Gasteiger partial charge in [0.1, 0.15) is 6.10 Å². The third-order valence-electron chi connectivity index (χ3n) is 3.12. The molecule has 19 heavy (non-hydrogen) atoms. The van der Waals surface area contributed by atoms with Crippen LogP contribution >= 0.6 is 0 Å². The molecule has 1 saturated heterocycles. The Morgan fingerprint density at radius 1 is 1.63 bits per heavy atom. The number of nitrogens with one attached hydrogen (secondary N) is 1. The van der Waals surface area contributed by atoms with Crippen LogP contribution in [0.1, 0.15) is 18.9 Å². The second-order valence-corrected chi connectivity index (χ2v) is 4.57. The van der Waals surface area contributed by atoms with Crippen molar-refractivity contribution < 1.29 is 14.3 Å². The highest BCUT2D eigenvalue weighted by Crippen LogP contribution is 2.11. The van der Waals surface area contributed by atoms with Crippen LogP contribution in [0.15, 0.2) is 24.5 Å². The minimum atomic E-state index is -0.0448. The summed E-state index contributed by atoms with van der Waals surface area (Å²) in [5.41, 5.74) is 0.917. The van der Waals surface area contributed by atoms with E-state index in [2.05, 4.69) is 10.3 Å². The molecule has 1 aromatic rings. The second-order valence-electron chi connectivity index (χ2n) is 4.57. The fourth-order valence-electron chi connectivity index (χ4n) is 2.20. The minimum absolute atomic E-state index is 0.00426. The van der Waals surface area contributed by atoms with E-state index in [0.29, 0.717) is 26.2 Å². The minimum Gasteiger partial charge on any atom is -0.379 e. The summed E-state index contributed by atoms with van der Waals surface area (Å²) in [5.74, 6) is 0.00426. The molecular weight excluding hydrogens is 244 g/mol. The SMILES string of the molecule is CCO[C@@H]1COCC[C@H]1NC(=O)Cc1cccnc1. The van der Waals surface area contributed by atoms with Gasteiger partial charge in [-0.25, -0.2) is 0 Å². The van der Waals surface area contributed by atoms with Crippen molar-refractivity contribution in [2.75, 3.05) is 19.8 Å². The predicted octanol–water partition coefficient (Wildman–Crippen LogP) is 0.934. The Kier molecular flexibility index (Phi) is 5.30. The van der Waals surface area contributed by atoms with Crippen LogP contribution in [0, 0.1) is 0 Å². The molecule has 104 valence electrons. The number of hydrogen-bond acceptors (Lipinski definition) is 4. The lowest BCUT2D eigenvalue weighted by Crippen LogP contribution is -2.50. The quantitative estimate of drug-likeness (QED) is 0.859. The van der Waals surface area contributed by atoms with Gasteiger partial charge in [0.15, 0.2) is 0 Å². The van der Waals surface area contributed by atoms with E-state index in [0.717, 1.165) is 12.0 Å². The first-order chi connectivity index (χ1) is 9.29. The average molecular weight is 264 g/mol. The van der Waals surface area contributed by atoms with Crippen LogP contribution in [0.4, 0.5) is 0 Å². The van der Waals surface area contributed by atoms with Crippen molar-refractivity contribution in [3.05, 3.63) is 30.1 Å². The Balaban J connectivity index is 1.86. The molecule has 1 aromatic heterocycles. The lowest BCUT2D eigenvalue weighted by Gasteiger charge is -2.31. The Labute approximate surface area is 113 Å². The van der Waals surface area contributed by atoms with Gasteiger partial charge in [-0.3, -0.25) is 9.78 Å². The summed E-state index contributed by atoms with van der Waals surface area (Å²) in [5, 5.41) is 3.03. The summed E-state index contributed by atoms with van der Waals surface area (Å²) in [6.45, 7) is 3.79. The standard InChI is InChI=1S/C14H20N2O3/c1-2-19-13-10-18-7-5-12(13)16-14(17)8-11-4-3-6-15-9-11/h3-4,6,9,12-13H,2,5,7-8,10H2,1H3,(H,16,17)/t12-,13-/m1/s1. The molecule has 0 bridgehead atoms. The number of amides is 1. The van der Waals surface area contributed by atoms with E-state index < -0.39 is 0 Å². The maximum atomic E-state index is 12.0. The number of carbonyl (C=O) groups excluding carboxylic acids is 1. The van der Waals surface area contributed by atoms with E-state index in [4.69, 9.17) is 9.47 Å². The third kappa shape index (κ3) is 4.29. The molecule has 0 saturated carbocycles. The highest BCUT2D eigenvalue weighted by molar-refractivity contribution is 5.78. The van der Waals surface area contributed by atoms with Gasteiger partial charge in [0.05, 0.1) is 19.1 Å². The Morgan fingerprint density at radius 3 is 3.26 bits per heavy atom. The maximum Gasteiger partial charge on any atom is 0.224 e. The van der Waals surface area contributed by atoms with Gasteiger partial charge in [0.25, 0.3) is 0 Å². The van der Waals surface area contributed by atoms with Crippen molar-refractivity contribution >= 4 is 5.91 Å². The molecule has 1 amide bonds. The molecule has 2 atom stereocenters. The molecule has 5 nitrogen and oxygen atoms in total. The molecule has 2 rings (SSSR count). The fraction of sp³-hybridized carbons (Fsp3) is 0.571. The topological polar surface area (TPSA) is 60.5 Å². The number of hydrogen-bond donors (Lipinski definition) is 1. The summed E-state index contributed by atoms with van der Waals surface area (Å²) in [6, 6.07) is 3.77. The molecule has 0 aromatic carbocycles. The first kappa shape index (κ1) is 14.0. The molecule has 1 fully saturated rings. The van der Waals surface area contributed by atoms with Crippen molar-refractivity contribution in [3.8, 4) is 0 Å². The van der Waals surface area contributed by atoms with Gasteiger partial charge in [-0.05, 0) is 25.0 Å². The summed E-state index contributed by atoms with van der Waals surface area (Å²) in [7, 11) is 0. The van der Waals surface area contributed by atoms with Crippen LogP contribution in [0.2, 0.25) is 0 Å². The zero-order valence-electron chi connectivity index (χ0n) is 11.2. The zero-order valence-corrected chi connectivity index (χ0v) is 11.2. The zero-order chi connectivity index (χ0) is 13.5.